The van der Waals surface area contributed by atoms with E-state index in [0.717, 1.165) is 32.4 Å². The molecule has 1 amide bonds. The molecule has 0 unspecified atom stereocenters. The smallest absolute Gasteiger partial charge is 0.338 e. The molecule has 0 saturated carbocycles. The van der Waals surface area contributed by atoms with Gasteiger partial charge in [-0.05, 0) is 37.3 Å². The average Bonchev–Trinajstić information content (AvgIpc) is 2.69. The zero-order chi connectivity index (χ0) is 20.8. The lowest BCUT2D eigenvalue weighted by Crippen LogP contribution is -2.31. The van der Waals surface area contributed by atoms with Gasteiger partial charge in [0.1, 0.15) is 23.1 Å². The van der Waals surface area contributed by atoms with Crippen molar-refractivity contribution in [3.8, 4) is 5.75 Å². The van der Waals surface area contributed by atoms with E-state index in [2.05, 4.69) is 14.8 Å². The molecule has 0 spiro atoms. The van der Waals surface area contributed by atoms with E-state index in [1.807, 2.05) is 0 Å². The summed E-state index contributed by atoms with van der Waals surface area (Å²) in [4.78, 5) is 35.8. The van der Waals surface area contributed by atoms with Crippen LogP contribution in [0.3, 0.4) is 0 Å². The van der Waals surface area contributed by atoms with E-state index >= 15 is 0 Å². The Morgan fingerprint density at radius 2 is 1.43 bits per heavy atom. The van der Waals surface area contributed by atoms with E-state index in [-0.39, 0.29) is 16.9 Å². The first-order chi connectivity index (χ1) is 13.3. The molecule has 148 valence electrons. The first-order valence-electron chi connectivity index (χ1n) is 8.00. The molecule has 0 saturated heterocycles. The molecular weight excluding hydrogens is 376 g/mol. The van der Waals surface area contributed by atoms with Crippen LogP contribution in [0, 0.1) is 11.6 Å². The summed E-state index contributed by atoms with van der Waals surface area (Å²) >= 11 is 0. The van der Waals surface area contributed by atoms with Gasteiger partial charge in [-0.1, -0.05) is 6.07 Å². The summed E-state index contributed by atoms with van der Waals surface area (Å²) in [5.74, 6) is -4.21. The first kappa shape index (κ1) is 20.8. The number of rotatable bonds is 6. The van der Waals surface area contributed by atoms with Crippen molar-refractivity contribution in [2.24, 2.45) is 0 Å². The molecule has 9 heteroatoms. The largest absolute Gasteiger partial charge is 0.481 e. The van der Waals surface area contributed by atoms with Gasteiger partial charge in [-0.3, -0.25) is 4.79 Å². The lowest BCUT2D eigenvalue weighted by Gasteiger charge is -2.16. The van der Waals surface area contributed by atoms with Gasteiger partial charge in [0.15, 0.2) is 6.10 Å². The number of methoxy groups -OCH3 is 2. The van der Waals surface area contributed by atoms with Gasteiger partial charge in [0, 0.05) is 0 Å². The van der Waals surface area contributed by atoms with E-state index in [0.29, 0.717) is 0 Å². The summed E-state index contributed by atoms with van der Waals surface area (Å²) in [6, 6.07) is 6.90. The highest BCUT2D eigenvalue weighted by Crippen LogP contribution is 2.22. The number of hydrogen-bond acceptors (Lipinski definition) is 6. The van der Waals surface area contributed by atoms with Gasteiger partial charge in [0.2, 0.25) is 0 Å². The fourth-order valence-corrected chi connectivity index (χ4v) is 2.24. The fraction of sp³-hybridized carbons (Fsp3) is 0.211. The lowest BCUT2D eigenvalue weighted by atomic mass is 10.1. The zero-order valence-electron chi connectivity index (χ0n) is 15.2. The van der Waals surface area contributed by atoms with Crippen LogP contribution in [0.1, 0.15) is 27.6 Å². The number of hydrogen-bond donors (Lipinski definition) is 1. The molecule has 0 aliphatic carbocycles. The summed E-state index contributed by atoms with van der Waals surface area (Å²) in [6.45, 7) is 1.33. The topological polar surface area (TPSA) is 90.9 Å². The van der Waals surface area contributed by atoms with Gasteiger partial charge < -0.3 is 19.5 Å². The molecule has 7 nitrogen and oxygen atoms in total. The van der Waals surface area contributed by atoms with Crippen molar-refractivity contribution in [3.63, 3.8) is 0 Å². The molecular formula is C19H17F2NO6. The van der Waals surface area contributed by atoms with Crippen molar-refractivity contribution >= 4 is 23.5 Å². The van der Waals surface area contributed by atoms with E-state index in [9.17, 15) is 23.2 Å². The van der Waals surface area contributed by atoms with Crippen LogP contribution >= 0.6 is 0 Å². The molecule has 0 heterocycles. The van der Waals surface area contributed by atoms with Crippen LogP contribution in [-0.2, 0) is 14.3 Å². The van der Waals surface area contributed by atoms with Gasteiger partial charge in [0.05, 0.1) is 25.3 Å². The fourth-order valence-electron chi connectivity index (χ4n) is 2.24. The average molecular weight is 393 g/mol. The molecule has 1 N–H and O–H groups in total. The van der Waals surface area contributed by atoms with Crippen LogP contribution in [0.2, 0.25) is 0 Å². The van der Waals surface area contributed by atoms with Gasteiger partial charge in [-0.25, -0.2) is 18.4 Å². The molecule has 2 aromatic rings. The Balaban J connectivity index is 2.24. The van der Waals surface area contributed by atoms with Crippen LogP contribution in [0.5, 0.6) is 5.75 Å². The normalized spacial score (nSPS) is 11.3. The molecule has 0 bridgehead atoms. The molecule has 0 aliphatic heterocycles. The number of nitrogens with one attached hydrogen (secondary N) is 1. The van der Waals surface area contributed by atoms with Crippen LogP contribution < -0.4 is 10.1 Å². The molecule has 2 rings (SSSR count). The number of carbonyl (C=O) groups is 3. The Morgan fingerprint density at radius 3 is 1.89 bits per heavy atom. The van der Waals surface area contributed by atoms with Crippen LogP contribution in [0.4, 0.5) is 14.5 Å². The van der Waals surface area contributed by atoms with Crippen molar-refractivity contribution in [1.82, 2.24) is 0 Å². The molecule has 1 atom stereocenters. The second-order valence-corrected chi connectivity index (χ2v) is 5.58. The highest BCUT2D eigenvalue weighted by Gasteiger charge is 2.21. The minimum Gasteiger partial charge on any atom is -0.481 e. The van der Waals surface area contributed by atoms with Crippen molar-refractivity contribution in [2.75, 3.05) is 19.5 Å². The van der Waals surface area contributed by atoms with Crippen LogP contribution in [-0.4, -0.2) is 38.2 Å². The maximum absolute atomic E-state index is 13.7. The minimum absolute atomic E-state index is 0.00634. The highest BCUT2D eigenvalue weighted by molar-refractivity contribution is 5.96. The monoisotopic (exact) mass is 393 g/mol. The van der Waals surface area contributed by atoms with Gasteiger partial charge in [-0.2, -0.15) is 0 Å². The van der Waals surface area contributed by atoms with E-state index in [4.69, 9.17) is 4.74 Å². The van der Waals surface area contributed by atoms with Crippen molar-refractivity contribution in [2.45, 2.75) is 13.0 Å². The van der Waals surface area contributed by atoms with Gasteiger partial charge >= 0.3 is 11.9 Å². The second-order valence-electron chi connectivity index (χ2n) is 5.58. The Morgan fingerprint density at radius 1 is 0.929 bits per heavy atom. The van der Waals surface area contributed by atoms with E-state index < -0.39 is 41.3 Å². The molecule has 0 radical (unpaired) electrons. The predicted octanol–water partition coefficient (Wildman–Crippen LogP) is 2.94. The highest BCUT2D eigenvalue weighted by atomic mass is 19.1. The molecule has 28 heavy (non-hydrogen) atoms. The third-order valence-corrected chi connectivity index (χ3v) is 3.64. The Kier molecular flexibility index (Phi) is 6.64. The van der Waals surface area contributed by atoms with Crippen molar-refractivity contribution < 1.29 is 37.4 Å². The molecule has 0 aromatic heterocycles. The Bertz CT molecular complexity index is 861. The van der Waals surface area contributed by atoms with E-state index in [1.54, 1.807) is 0 Å². The third-order valence-electron chi connectivity index (χ3n) is 3.64. The number of amides is 1. The number of carbonyl (C=O) groups excluding carboxylic acids is 3. The molecule has 2 aromatic carbocycles. The van der Waals surface area contributed by atoms with Crippen molar-refractivity contribution in [3.05, 3.63) is 59.2 Å². The van der Waals surface area contributed by atoms with Gasteiger partial charge in [0.25, 0.3) is 5.91 Å². The number of para-hydroxylation sites is 1. The lowest BCUT2D eigenvalue weighted by molar-refractivity contribution is -0.122. The summed E-state index contributed by atoms with van der Waals surface area (Å²) < 4.78 is 42.0. The van der Waals surface area contributed by atoms with E-state index in [1.165, 1.54) is 25.1 Å². The summed E-state index contributed by atoms with van der Waals surface area (Å²) in [5.41, 5.74) is -0.622. The maximum atomic E-state index is 13.7. The molecule has 0 fully saturated rings. The summed E-state index contributed by atoms with van der Waals surface area (Å²) in [6.07, 6.45) is -1.21. The summed E-state index contributed by atoms with van der Waals surface area (Å²) in [5, 5.41) is 2.10. The van der Waals surface area contributed by atoms with Gasteiger partial charge in [-0.15, -0.1) is 0 Å². The second kappa shape index (κ2) is 8.94. The number of halogens is 2. The quantitative estimate of drug-likeness (QED) is 0.759. The minimum atomic E-state index is -1.21. The first-order valence-corrected chi connectivity index (χ1v) is 8.00. The summed E-state index contributed by atoms with van der Waals surface area (Å²) in [7, 11) is 2.32. The Labute approximate surface area is 159 Å². The Hall–Kier alpha value is -3.49. The van der Waals surface area contributed by atoms with Crippen LogP contribution in [0.15, 0.2) is 36.4 Å². The maximum Gasteiger partial charge on any atom is 0.338 e. The van der Waals surface area contributed by atoms with Crippen molar-refractivity contribution in [1.29, 1.82) is 0 Å². The number of anilines is 1. The predicted molar refractivity (Wildman–Crippen MR) is 94.2 cm³/mol. The third kappa shape index (κ3) is 4.81. The SMILES string of the molecule is COC(=O)c1cc(O[C@@H](C)C(=O)Nc2c(F)cccc2F)cc(C(=O)OC)c1. The standard InChI is InChI=1S/C19H17F2NO6/c1-10(17(23)22-16-14(20)5-4-6-15(16)21)28-13-8-11(18(24)26-2)7-12(9-13)19(25)27-3/h4-10H,1-3H3,(H,22,23)/t10-/m0/s1. The molecule has 0 aliphatic rings. The zero-order valence-corrected chi connectivity index (χ0v) is 15.2. The number of ether oxygens (including phenoxy) is 3. The number of esters is 2. The number of benzene rings is 2. The van der Waals surface area contributed by atoms with Crippen LogP contribution in [0.25, 0.3) is 0 Å².